The van der Waals surface area contributed by atoms with Crippen LogP contribution in [0.1, 0.15) is 38.7 Å². The Bertz CT molecular complexity index is 1050. The fourth-order valence-corrected chi connectivity index (χ4v) is 5.28. The number of hydrogen-bond acceptors (Lipinski definition) is 5. The molecular formula is C26H36N6. The van der Waals surface area contributed by atoms with Gasteiger partial charge in [-0.15, -0.1) is 0 Å². The molecule has 1 aromatic carbocycles. The van der Waals surface area contributed by atoms with Crippen molar-refractivity contribution in [3.63, 3.8) is 0 Å². The standard InChI is InChI=1S/C26H36N6/c1-19(2)30-14-10-21(11-15-30)31-12-5-13-32(17-16-31)25-7-4-6-23(27-25)26-28-22-9-8-20(3)18-24(22)29-26/h4,6-9,18-19,21H,5,10-17H2,1-3H3,(H,28,29). The number of fused-ring (bicyclic) bond motifs is 1. The highest BCUT2D eigenvalue weighted by atomic mass is 15.3. The van der Waals surface area contributed by atoms with Crippen molar-refractivity contribution in [1.29, 1.82) is 0 Å². The van der Waals surface area contributed by atoms with Crippen LogP contribution in [0.4, 0.5) is 5.82 Å². The van der Waals surface area contributed by atoms with Crippen molar-refractivity contribution in [2.45, 2.75) is 52.1 Å². The lowest BCUT2D eigenvalue weighted by Crippen LogP contribution is -2.47. The number of hydrogen-bond donors (Lipinski definition) is 1. The molecule has 2 aliphatic rings. The van der Waals surface area contributed by atoms with E-state index in [1.54, 1.807) is 0 Å². The summed E-state index contributed by atoms with van der Waals surface area (Å²) in [7, 11) is 0. The predicted octanol–water partition coefficient (Wildman–Crippen LogP) is 4.32. The predicted molar refractivity (Wildman–Crippen MR) is 132 cm³/mol. The van der Waals surface area contributed by atoms with Gasteiger partial charge in [-0.05, 0) is 83.0 Å². The molecule has 0 spiro atoms. The van der Waals surface area contributed by atoms with Crippen molar-refractivity contribution >= 4 is 16.9 Å². The molecule has 0 radical (unpaired) electrons. The highest BCUT2D eigenvalue weighted by Gasteiger charge is 2.27. The van der Waals surface area contributed by atoms with Crippen molar-refractivity contribution in [2.24, 2.45) is 0 Å². The zero-order valence-electron chi connectivity index (χ0n) is 19.7. The summed E-state index contributed by atoms with van der Waals surface area (Å²) >= 11 is 0. The highest BCUT2D eigenvalue weighted by Crippen LogP contribution is 2.24. The fraction of sp³-hybridized carbons (Fsp3) is 0.538. The van der Waals surface area contributed by atoms with E-state index in [1.807, 2.05) is 0 Å². The summed E-state index contributed by atoms with van der Waals surface area (Å²) in [6, 6.07) is 14.0. The quantitative estimate of drug-likeness (QED) is 0.665. The van der Waals surface area contributed by atoms with E-state index in [2.05, 4.69) is 76.9 Å². The van der Waals surface area contributed by atoms with Crippen molar-refractivity contribution in [3.05, 3.63) is 42.0 Å². The zero-order valence-corrected chi connectivity index (χ0v) is 19.7. The Hall–Kier alpha value is -2.44. The summed E-state index contributed by atoms with van der Waals surface area (Å²) in [4.78, 5) is 21.0. The zero-order chi connectivity index (χ0) is 22.1. The van der Waals surface area contributed by atoms with E-state index < -0.39 is 0 Å². The average Bonchev–Trinajstić information content (AvgIpc) is 3.07. The second kappa shape index (κ2) is 9.20. The van der Waals surface area contributed by atoms with Gasteiger partial charge in [0.2, 0.25) is 0 Å². The largest absolute Gasteiger partial charge is 0.355 e. The van der Waals surface area contributed by atoms with E-state index in [0.29, 0.717) is 6.04 Å². The fourth-order valence-electron chi connectivity index (χ4n) is 5.28. The summed E-state index contributed by atoms with van der Waals surface area (Å²) in [5.41, 5.74) is 4.21. The summed E-state index contributed by atoms with van der Waals surface area (Å²) in [6.07, 6.45) is 3.80. The van der Waals surface area contributed by atoms with E-state index in [4.69, 9.17) is 9.97 Å². The molecule has 5 rings (SSSR count). The van der Waals surface area contributed by atoms with Crippen molar-refractivity contribution in [3.8, 4) is 11.5 Å². The minimum absolute atomic E-state index is 0.671. The number of aryl methyl sites for hydroxylation is 1. The van der Waals surface area contributed by atoms with Crippen LogP contribution < -0.4 is 4.90 Å². The first-order valence-corrected chi connectivity index (χ1v) is 12.2. The lowest BCUT2D eigenvalue weighted by atomic mass is 10.0. The molecule has 0 unspecified atom stereocenters. The van der Waals surface area contributed by atoms with Gasteiger partial charge >= 0.3 is 0 Å². The number of piperidine rings is 1. The molecule has 32 heavy (non-hydrogen) atoms. The molecular weight excluding hydrogens is 396 g/mol. The van der Waals surface area contributed by atoms with Gasteiger partial charge in [-0.2, -0.15) is 0 Å². The molecule has 2 aromatic heterocycles. The maximum atomic E-state index is 5.00. The molecule has 2 aliphatic heterocycles. The molecule has 0 amide bonds. The van der Waals surface area contributed by atoms with Crippen LogP contribution in [0.25, 0.3) is 22.6 Å². The number of rotatable bonds is 4. The van der Waals surface area contributed by atoms with Crippen LogP contribution in [0.5, 0.6) is 0 Å². The minimum atomic E-state index is 0.671. The van der Waals surface area contributed by atoms with E-state index in [9.17, 15) is 0 Å². The van der Waals surface area contributed by atoms with Gasteiger partial charge in [-0.25, -0.2) is 9.97 Å². The maximum absolute atomic E-state index is 5.00. The van der Waals surface area contributed by atoms with Crippen molar-refractivity contribution in [1.82, 2.24) is 24.8 Å². The van der Waals surface area contributed by atoms with Crippen LogP contribution in [-0.2, 0) is 0 Å². The van der Waals surface area contributed by atoms with Crippen molar-refractivity contribution in [2.75, 3.05) is 44.2 Å². The van der Waals surface area contributed by atoms with Crippen LogP contribution in [0, 0.1) is 6.92 Å². The van der Waals surface area contributed by atoms with E-state index in [1.165, 1.54) is 44.5 Å². The summed E-state index contributed by atoms with van der Waals surface area (Å²) in [5, 5.41) is 0. The number of H-pyrrole nitrogens is 1. The average molecular weight is 433 g/mol. The number of benzene rings is 1. The van der Waals surface area contributed by atoms with Crippen LogP contribution >= 0.6 is 0 Å². The number of pyridine rings is 1. The molecule has 170 valence electrons. The van der Waals surface area contributed by atoms with Crippen LogP contribution in [0.2, 0.25) is 0 Å². The van der Waals surface area contributed by atoms with E-state index in [-0.39, 0.29) is 0 Å². The van der Waals surface area contributed by atoms with Crippen LogP contribution in [-0.4, -0.2) is 76.1 Å². The summed E-state index contributed by atoms with van der Waals surface area (Å²) in [6.45, 7) is 13.7. The number of imidazole rings is 1. The second-order valence-electron chi connectivity index (χ2n) is 9.72. The van der Waals surface area contributed by atoms with Gasteiger partial charge in [0.05, 0.1) is 11.0 Å². The SMILES string of the molecule is Cc1ccc2nc(-c3cccc(N4CCCN(C5CCN(C(C)C)CC5)CC4)n3)[nH]c2c1. The Morgan fingerprint density at radius 3 is 2.59 bits per heavy atom. The molecule has 4 heterocycles. The Morgan fingerprint density at radius 2 is 1.78 bits per heavy atom. The number of nitrogens with one attached hydrogen (secondary N) is 1. The van der Waals surface area contributed by atoms with Gasteiger partial charge in [-0.3, -0.25) is 4.90 Å². The third kappa shape index (κ3) is 4.52. The molecule has 0 atom stereocenters. The summed E-state index contributed by atoms with van der Waals surface area (Å²) in [5.74, 6) is 1.91. The monoisotopic (exact) mass is 432 g/mol. The second-order valence-corrected chi connectivity index (χ2v) is 9.72. The third-order valence-electron chi connectivity index (χ3n) is 7.21. The number of likely N-dealkylation sites (tertiary alicyclic amines) is 1. The molecule has 6 heteroatoms. The van der Waals surface area contributed by atoms with Gasteiger partial charge in [-0.1, -0.05) is 12.1 Å². The van der Waals surface area contributed by atoms with Gasteiger partial charge in [0.1, 0.15) is 11.5 Å². The Labute approximate surface area is 191 Å². The van der Waals surface area contributed by atoms with Gasteiger partial charge in [0.15, 0.2) is 5.82 Å². The van der Waals surface area contributed by atoms with Gasteiger partial charge in [0, 0.05) is 38.3 Å². The van der Waals surface area contributed by atoms with E-state index in [0.717, 1.165) is 54.0 Å². The molecule has 3 aromatic rings. The summed E-state index contributed by atoms with van der Waals surface area (Å²) < 4.78 is 0. The number of aromatic amines is 1. The molecule has 0 bridgehead atoms. The lowest BCUT2D eigenvalue weighted by Gasteiger charge is -2.39. The Balaban J connectivity index is 1.26. The molecule has 1 N–H and O–H groups in total. The Morgan fingerprint density at radius 1 is 0.938 bits per heavy atom. The topological polar surface area (TPSA) is 51.3 Å². The number of aromatic nitrogens is 3. The third-order valence-corrected chi connectivity index (χ3v) is 7.21. The molecule has 2 saturated heterocycles. The maximum Gasteiger partial charge on any atom is 0.157 e. The number of nitrogens with zero attached hydrogens (tertiary/aromatic N) is 5. The van der Waals surface area contributed by atoms with Gasteiger partial charge in [0.25, 0.3) is 0 Å². The minimum Gasteiger partial charge on any atom is -0.355 e. The van der Waals surface area contributed by atoms with Crippen LogP contribution in [0.15, 0.2) is 36.4 Å². The molecule has 0 aliphatic carbocycles. The lowest BCUT2D eigenvalue weighted by molar-refractivity contribution is 0.0965. The smallest absolute Gasteiger partial charge is 0.157 e. The van der Waals surface area contributed by atoms with E-state index >= 15 is 0 Å². The first kappa shape index (κ1) is 21.4. The van der Waals surface area contributed by atoms with Crippen LogP contribution in [0.3, 0.4) is 0 Å². The van der Waals surface area contributed by atoms with Crippen molar-refractivity contribution < 1.29 is 0 Å². The molecule has 6 nitrogen and oxygen atoms in total. The van der Waals surface area contributed by atoms with Gasteiger partial charge < -0.3 is 14.8 Å². The normalized spacial score (nSPS) is 19.7. The first-order chi connectivity index (χ1) is 15.6. The molecule has 2 fully saturated rings. The number of anilines is 1. The highest BCUT2D eigenvalue weighted by molar-refractivity contribution is 5.79. The Kier molecular flexibility index (Phi) is 6.15. The molecule has 0 saturated carbocycles. The first-order valence-electron chi connectivity index (χ1n) is 12.2.